The van der Waals surface area contributed by atoms with E-state index in [2.05, 4.69) is 32.0 Å². The highest BCUT2D eigenvalue weighted by Crippen LogP contribution is 2.34. The first-order chi connectivity index (χ1) is 21.5. The summed E-state index contributed by atoms with van der Waals surface area (Å²) >= 11 is 0. The first-order valence-electron chi connectivity index (χ1n) is 15.0. The Morgan fingerprint density at radius 1 is 0.956 bits per heavy atom. The summed E-state index contributed by atoms with van der Waals surface area (Å²) in [6.45, 7) is 2.11. The number of nitrogens with one attached hydrogen (secondary N) is 3. The maximum Gasteiger partial charge on any atom is 0.451 e. The molecule has 0 saturated carbocycles. The number of nitriles is 1. The molecular weight excluding hydrogens is 593 g/mol. The molecule has 0 bridgehead atoms. The third kappa shape index (κ3) is 9.69. The number of aromatic nitrogens is 2. The predicted octanol–water partition coefficient (Wildman–Crippen LogP) is 3.08. The van der Waals surface area contributed by atoms with Crippen molar-refractivity contribution in [2.24, 2.45) is 5.92 Å². The molecule has 242 valence electrons. The maximum atomic E-state index is 13.9. The van der Waals surface area contributed by atoms with Gasteiger partial charge in [-0.15, -0.1) is 0 Å². The van der Waals surface area contributed by atoms with Gasteiger partial charge in [0.15, 0.2) is 0 Å². The number of piperidine rings is 1. The van der Waals surface area contributed by atoms with Gasteiger partial charge in [-0.1, -0.05) is 12.1 Å². The zero-order valence-electron chi connectivity index (χ0n) is 24.8. The lowest BCUT2D eigenvalue weighted by Crippen LogP contribution is -2.44. The van der Waals surface area contributed by atoms with Crippen LogP contribution in [0, 0.1) is 17.2 Å². The molecule has 45 heavy (non-hydrogen) atoms. The molecule has 2 aliphatic heterocycles. The van der Waals surface area contributed by atoms with E-state index in [1.807, 2.05) is 12.1 Å². The molecule has 12 nitrogen and oxygen atoms in total. The Morgan fingerprint density at radius 2 is 1.64 bits per heavy atom. The molecule has 0 unspecified atom stereocenters. The number of rotatable bonds is 12. The molecule has 1 aromatic carbocycles. The summed E-state index contributed by atoms with van der Waals surface area (Å²) in [6.07, 6.45) is -1.21. The van der Waals surface area contributed by atoms with Gasteiger partial charge in [-0.3, -0.25) is 9.59 Å². The smallest absolute Gasteiger partial charge is 0.451 e. The number of urea groups is 1. The zero-order valence-corrected chi connectivity index (χ0v) is 24.8. The van der Waals surface area contributed by atoms with Crippen molar-refractivity contribution in [1.29, 1.82) is 5.26 Å². The van der Waals surface area contributed by atoms with E-state index in [0.29, 0.717) is 76.8 Å². The van der Waals surface area contributed by atoms with Crippen LogP contribution < -0.4 is 25.8 Å². The Hall–Kier alpha value is -4.61. The number of amides is 3. The number of benzene rings is 1. The standard InChI is InChI=1S/C30H37F3N8O4/c31-30(32,33)28-38-24(40-16-10-21(11-17-40)8-13-36-29(45)37-14-9-26(42)43)18-25(39-28)41-15-1-2-23(41)27(44)35-12-7-20-3-5-22(19-34)6-4-20/h3-6,18,21,23H,1-2,7-17H2,(H,35,44)(H,42,43)(H2,36,37,45)/t23-/m0/s1. The van der Waals surface area contributed by atoms with Gasteiger partial charge in [0.25, 0.3) is 0 Å². The first-order valence-corrected chi connectivity index (χ1v) is 15.0. The summed E-state index contributed by atoms with van der Waals surface area (Å²) in [7, 11) is 0. The highest BCUT2D eigenvalue weighted by Gasteiger charge is 2.39. The van der Waals surface area contributed by atoms with Crippen molar-refractivity contribution in [2.75, 3.05) is 49.1 Å². The molecule has 3 amide bonds. The topological polar surface area (TPSA) is 164 Å². The van der Waals surface area contributed by atoms with Crippen LogP contribution in [0.2, 0.25) is 0 Å². The van der Waals surface area contributed by atoms with Crippen LogP contribution in [0.3, 0.4) is 0 Å². The van der Waals surface area contributed by atoms with Gasteiger partial charge in [-0.2, -0.15) is 18.4 Å². The average molecular weight is 631 g/mol. The molecule has 15 heteroatoms. The number of carbonyl (C=O) groups is 3. The summed E-state index contributed by atoms with van der Waals surface area (Å²) in [5.74, 6) is -2.05. The second-order valence-electron chi connectivity index (χ2n) is 11.2. The molecule has 1 aromatic heterocycles. The van der Waals surface area contributed by atoms with Crippen molar-refractivity contribution < 1.29 is 32.7 Å². The van der Waals surface area contributed by atoms with Gasteiger partial charge in [-0.25, -0.2) is 14.8 Å². The van der Waals surface area contributed by atoms with Gasteiger partial charge >= 0.3 is 18.2 Å². The number of carboxylic acids is 1. The number of alkyl halides is 3. The molecule has 2 aliphatic rings. The number of hydrogen-bond donors (Lipinski definition) is 4. The van der Waals surface area contributed by atoms with E-state index in [0.717, 1.165) is 5.56 Å². The van der Waals surface area contributed by atoms with Crippen LogP contribution >= 0.6 is 0 Å². The number of aliphatic carboxylic acids is 1. The van der Waals surface area contributed by atoms with Crippen LogP contribution in [-0.4, -0.2) is 78.3 Å². The number of carbonyl (C=O) groups excluding carboxylic acids is 2. The quantitative estimate of drug-likeness (QED) is 0.276. The number of nitrogens with zero attached hydrogens (tertiary/aromatic N) is 5. The van der Waals surface area contributed by atoms with E-state index < -0.39 is 30.0 Å². The van der Waals surface area contributed by atoms with E-state index >= 15 is 0 Å². The van der Waals surface area contributed by atoms with Gasteiger partial charge in [0.05, 0.1) is 18.1 Å². The Morgan fingerprint density at radius 3 is 2.31 bits per heavy atom. The second kappa shape index (κ2) is 15.4. The van der Waals surface area contributed by atoms with Gasteiger partial charge < -0.3 is 30.9 Å². The number of anilines is 2. The highest BCUT2D eigenvalue weighted by molar-refractivity contribution is 5.85. The Bertz CT molecular complexity index is 1370. The van der Waals surface area contributed by atoms with Gasteiger partial charge in [0.2, 0.25) is 11.7 Å². The SMILES string of the molecule is N#Cc1ccc(CCNC(=O)[C@@H]2CCCN2c2cc(N3CCC(CCNC(=O)NCCC(=O)O)CC3)nc(C(F)(F)F)n2)cc1. The summed E-state index contributed by atoms with van der Waals surface area (Å²) in [5, 5.41) is 25.7. The van der Waals surface area contributed by atoms with Crippen molar-refractivity contribution in [2.45, 2.75) is 57.2 Å². The molecule has 1 atom stereocenters. The molecule has 4 N–H and O–H groups in total. The van der Waals surface area contributed by atoms with Crippen molar-refractivity contribution in [3.8, 4) is 6.07 Å². The minimum atomic E-state index is -4.77. The fraction of sp³-hybridized carbons (Fsp3) is 0.533. The van der Waals surface area contributed by atoms with Crippen molar-refractivity contribution in [3.63, 3.8) is 0 Å². The van der Waals surface area contributed by atoms with E-state index in [-0.39, 0.29) is 36.4 Å². The third-order valence-electron chi connectivity index (χ3n) is 8.00. The van der Waals surface area contributed by atoms with Crippen molar-refractivity contribution >= 4 is 29.5 Å². The van der Waals surface area contributed by atoms with Gasteiger partial charge in [0, 0.05) is 45.3 Å². The van der Waals surface area contributed by atoms with Gasteiger partial charge in [-0.05, 0) is 62.1 Å². The average Bonchev–Trinajstić information content (AvgIpc) is 3.51. The van der Waals surface area contributed by atoms with Gasteiger partial charge in [0.1, 0.15) is 17.7 Å². The van der Waals surface area contributed by atoms with Crippen LogP contribution in [0.4, 0.5) is 29.6 Å². The summed E-state index contributed by atoms with van der Waals surface area (Å²) in [4.78, 5) is 46.6. The molecule has 0 spiro atoms. The highest BCUT2D eigenvalue weighted by atomic mass is 19.4. The normalized spacial score (nSPS) is 17.1. The van der Waals surface area contributed by atoms with Crippen LogP contribution in [0.15, 0.2) is 30.3 Å². The van der Waals surface area contributed by atoms with Crippen molar-refractivity contribution in [3.05, 3.63) is 47.3 Å². The minimum absolute atomic E-state index is 0.0309. The predicted molar refractivity (Wildman–Crippen MR) is 158 cm³/mol. The molecule has 4 rings (SSSR count). The molecule has 3 heterocycles. The number of hydrogen-bond acceptors (Lipinski definition) is 8. The molecule has 2 aromatic rings. The Balaban J connectivity index is 1.34. The Kier molecular flexibility index (Phi) is 11.4. The lowest BCUT2D eigenvalue weighted by atomic mass is 9.93. The maximum absolute atomic E-state index is 13.9. The lowest BCUT2D eigenvalue weighted by Gasteiger charge is -2.34. The molecule has 2 saturated heterocycles. The molecular formula is C30H37F3N8O4. The van der Waals surface area contributed by atoms with E-state index in [9.17, 15) is 27.6 Å². The Labute approximate surface area is 259 Å². The lowest BCUT2D eigenvalue weighted by molar-refractivity contribution is -0.144. The first kappa shape index (κ1) is 33.3. The largest absolute Gasteiger partial charge is 0.481 e. The number of carboxylic acid groups (broad SMARTS) is 1. The fourth-order valence-corrected chi connectivity index (χ4v) is 5.55. The fourth-order valence-electron chi connectivity index (χ4n) is 5.55. The minimum Gasteiger partial charge on any atom is -0.481 e. The van der Waals surface area contributed by atoms with E-state index in [1.54, 1.807) is 21.9 Å². The van der Waals surface area contributed by atoms with Crippen LogP contribution in [0.25, 0.3) is 0 Å². The second-order valence-corrected chi connectivity index (χ2v) is 11.2. The van der Waals surface area contributed by atoms with E-state index in [4.69, 9.17) is 10.4 Å². The summed E-state index contributed by atoms with van der Waals surface area (Å²) in [5.41, 5.74) is 1.49. The van der Waals surface area contributed by atoms with Crippen LogP contribution in [0.5, 0.6) is 0 Å². The zero-order chi connectivity index (χ0) is 32.4. The molecule has 0 aliphatic carbocycles. The third-order valence-corrected chi connectivity index (χ3v) is 8.00. The summed E-state index contributed by atoms with van der Waals surface area (Å²) < 4.78 is 41.7. The molecule has 0 radical (unpaired) electrons. The summed E-state index contributed by atoms with van der Waals surface area (Å²) in [6, 6.07) is 9.53. The van der Waals surface area contributed by atoms with E-state index in [1.165, 1.54) is 6.07 Å². The van der Waals surface area contributed by atoms with Crippen LogP contribution in [0.1, 0.15) is 55.5 Å². The molecule has 2 fully saturated rings. The van der Waals surface area contributed by atoms with Crippen LogP contribution in [-0.2, 0) is 22.2 Å². The number of halogens is 3. The van der Waals surface area contributed by atoms with Crippen molar-refractivity contribution in [1.82, 2.24) is 25.9 Å². The monoisotopic (exact) mass is 630 g/mol.